The van der Waals surface area contributed by atoms with Crippen molar-refractivity contribution in [2.75, 3.05) is 44.1 Å². The molecule has 1 saturated heterocycles. The maximum atomic E-state index is 12.1. The van der Waals surface area contributed by atoms with Crippen LogP contribution >= 0.6 is 0 Å². The predicted molar refractivity (Wildman–Crippen MR) is 115 cm³/mol. The van der Waals surface area contributed by atoms with E-state index in [1.165, 1.54) is 12.8 Å². The van der Waals surface area contributed by atoms with Gasteiger partial charge in [0.25, 0.3) is 5.91 Å². The van der Waals surface area contributed by atoms with Crippen LogP contribution in [0.2, 0.25) is 0 Å². The molecule has 7 heteroatoms. The molecule has 0 atom stereocenters. The Balaban J connectivity index is 1.41. The topological polar surface area (TPSA) is 77.1 Å². The molecule has 1 fully saturated rings. The third-order valence-electron chi connectivity index (χ3n) is 5.02. The van der Waals surface area contributed by atoms with E-state index in [0.717, 1.165) is 24.3 Å². The highest BCUT2D eigenvalue weighted by Gasteiger charge is 2.13. The highest BCUT2D eigenvalue weighted by molar-refractivity contribution is 5.93. The Morgan fingerprint density at radius 1 is 0.967 bits per heavy atom. The van der Waals surface area contributed by atoms with E-state index in [4.69, 9.17) is 14.2 Å². The van der Waals surface area contributed by atoms with Crippen molar-refractivity contribution in [3.8, 4) is 11.5 Å². The number of esters is 1. The molecule has 0 saturated carbocycles. The normalized spacial score (nSPS) is 13.1. The number of hydrogen-bond acceptors (Lipinski definition) is 6. The van der Waals surface area contributed by atoms with Gasteiger partial charge in [-0.3, -0.25) is 9.59 Å². The van der Waals surface area contributed by atoms with Gasteiger partial charge in [-0.05, 0) is 61.2 Å². The lowest BCUT2D eigenvalue weighted by Crippen LogP contribution is -2.21. The largest absolute Gasteiger partial charge is 0.497 e. The average Bonchev–Trinajstić information content (AvgIpc) is 3.31. The van der Waals surface area contributed by atoms with Gasteiger partial charge in [-0.15, -0.1) is 0 Å². The third-order valence-corrected chi connectivity index (χ3v) is 5.02. The van der Waals surface area contributed by atoms with Crippen LogP contribution in [0.1, 0.15) is 24.8 Å². The van der Waals surface area contributed by atoms with Crippen LogP contribution in [-0.2, 0) is 20.7 Å². The number of aryl methyl sites for hydroxylation is 1. The molecule has 1 aliphatic heterocycles. The molecular formula is C23H28N2O5. The monoisotopic (exact) mass is 412 g/mol. The number of methoxy groups -OCH3 is 2. The SMILES string of the molecule is COc1cc(CCC(=O)OCC(=O)Nc2ccc(N3CCCC3)cc2)cc(OC)c1. The fourth-order valence-electron chi connectivity index (χ4n) is 3.40. The van der Waals surface area contributed by atoms with E-state index >= 15 is 0 Å². The molecule has 0 bridgehead atoms. The van der Waals surface area contributed by atoms with Crippen LogP contribution in [0.4, 0.5) is 11.4 Å². The van der Waals surface area contributed by atoms with Gasteiger partial charge in [0.05, 0.1) is 14.2 Å². The van der Waals surface area contributed by atoms with Gasteiger partial charge in [-0.25, -0.2) is 0 Å². The summed E-state index contributed by atoms with van der Waals surface area (Å²) in [6.07, 6.45) is 3.06. The van der Waals surface area contributed by atoms with Gasteiger partial charge in [-0.1, -0.05) is 0 Å². The first-order valence-electron chi connectivity index (χ1n) is 10.1. The van der Waals surface area contributed by atoms with Gasteiger partial charge in [0.15, 0.2) is 6.61 Å². The van der Waals surface area contributed by atoms with Crippen LogP contribution in [0.3, 0.4) is 0 Å². The Morgan fingerprint density at radius 3 is 2.20 bits per heavy atom. The van der Waals surface area contributed by atoms with E-state index < -0.39 is 5.97 Å². The van der Waals surface area contributed by atoms with E-state index in [1.807, 2.05) is 36.4 Å². The zero-order chi connectivity index (χ0) is 21.3. The number of rotatable bonds is 9. The summed E-state index contributed by atoms with van der Waals surface area (Å²) in [6, 6.07) is 13.2. The minimum absolute atomic E-state index is 0.161. The zero-order valence-corrected chi connectivity index (χ0v) is 17.5. The lowest BCUT2D eigenvalue weighted by atomic mass is 10.1. The number of benzene rings is 2. The summed E-state index contributed by atoms with van der Waals surface area (Å²) < 4.78 is 15.5. The third kappa shape index (κ3) is 6.14. The molecule has 1 heterocycles. The number of nitrogens with zero attached hydrogens (tertiary/aromatic N) is 1. The molecule has 3 rings (SSSR count). The summed E-state index contributed by atoms with van der Waals surface area (Å²) in [5.74, 6) is 0.525. The van der Waals surface area contributed by atoms with Crippen molar-refractivity contribution in [3.63, 3.8) is 0 Å². The number of hydrogen-bond donors (Lipinski definition) is 1. The molecule has 1 amide bonds. The molecule has 160 valence electrons. The molecule has 2 aromatic rings. The number of anilines is 2. The van der Waals surface area contributed by atoms with Crippen LogP contribution in [0.25, 0.3) is 0 Å². The number of nitrogens with one attached hydrogen (secondary N) is 1. The van der Waals surface area contributed by atoms with Crippen LogP contribution < -0.4 is 19.7 Å². The number of amides is 1. The fraction of sp³-hybridized carbons (Fsp3) is 0.391. The Kier molecular flexibility index (Phi) is 7.54. The summed E-state index contributed by atoms with van der Waals surface area (Å²) in [4.78, 5) is 26.4. The maximum absolute atomic E-state index is 12.1. The van der Waals surface area contributed by atoms with Crippen molar-refractivity contribution in [1.29, 1.82) is 0 Å². The molecule has 0 aromatic heterocycles. The first-order chi connectivity index (χ1) is 14.6. The number of carbonyl (C=O) groups excluding carboxylic acids is 2. The second-order valence-electron chi connectivity index (χ2n) is 7.17. The van der Waals surface area contributed by atoms with Crippen LogP contribution in [0, 0.1) is 0 Å². The van der Waals surface area contributed by atoms with E-state index in [1.54, 1.807) is 20.3 Å². The smallest absolute Gasteiger partial charge is 0.306 e. The highest BCUT2D eigenvalue weighted by Crippen LogP contribution is 2.24. The van der Waals surface area contributed by atoms with Gasteiger partial charge in [0, 0.05) is 37.0 Å². The minimum atomic E-state index is -0.434. The number of carbonyl (C=O) groups is 2. The van der Waals surface area contributed by atoms with Gasteiger partial charge in [0.1, 0.15) is 11.5 Å². The molecule has 30 heavy (non-hydrogen) atoms. The van der Waals surface area contributed by atoms with Crippen LogP contribution in [0.5, 0.6) is 11.5 Å². The summed E-state index contributed by atoms with van der Waals surface area (Å²) in [7, 11) is 3.15. The Morgan fingerprint density at radius 2 is 1.60 bits per heavy atom. The van der Waals surface area contributed by atoms with Gasteiger partial charge < -0.3 is 24.4 Å². The molecule has 0 aliphatic carbocycles. The summed E-state index contributed by atoms with van der Waals surface area (Å²) in [5.41, 5.74) is 2.74. The van der Waals surface area contributed by atoms with E-state index in [9.17, 15) is 9.59 Å². The molecular weight excluding hydrogens is 384 g/mol. The average molecular weight is 412 g/mol. The molecule has 0 unspecified atom stereocenters. The minimum Gasteiger partial charge on any atom is -0.497 e. The lowest BCUT2D eigenvalue weighted by molar-refractivity contribution is -0.147. The predicted octanol–water partition coefficient (Wildman–Crippen LogP) is 3.42. The van der Waals surface area contributed by atoms with Crippen molar-refractivity contribution in [3.05, 3.63) is 48.0 Å². The fourth-order valence-corrected chi connectivity index (χ4v) is 3.40. The van der Waals surface area contributed by atoms with E-state index in [-0.39, 0.29) is 18.9 Å². The Labute approximate surface area is 176 Å². The standard InChI is InChI=1S/C23H28N2O5/c1-28-20-13-17(14-21(15-20)29-2)5-10-23(27)30-16-22(26)24-18-6-8-19(9-7-18)25-11-3-4-12-25/h6-9,13-15H,3-5,10-12,16H2,1-2H3,(H,24,26). The maximum Gasteiger partial charge on any atom is 0.306 e. The molecule has 2 aromatic carbocycles. The van der Waals surface area contributed by atoms with Crippen molar-refractivity contribution in [1.82, 2.24) is 0 Å². The van der Waals surface area contributed by atoms with Gasteiger partial charge >= 0.3 is 5.97 Å². The van der Waals surface area contributed by atoms with Gasteiger partial charge in [0.2, 0.25) is 0 Å². The first-order valence-corrected chi connectivity index (χ1v) is 10.1. The first kappa shape index (κ1) is 21.5. The second-order valence-corrected chi connectivity index (χ2v) is 7.17. The van der Waals surface area contributed by atoms with Crippen molar-refractivity contribution < 1.29 is 23.8 Å². The van der Waals surface area contributed by atoms with Crippen LogP contribution in [0.15, 0.2) is 42.5 Å². The number of ether oxygens (including phenoxy) is 3. The lowest BCUT2D eigenvalue weighted by Gasteiger charge is -2.17. The summed E-state index contributed by atoms with van der Waals surface area (Å²) in [6.45, 7) is 1.84. The quantitative estimate of drug-likeness (QED) is 0.636. The van der Waals surface area contributed by atoms with Gasteiger partial charge in [-0.2, -0.15) is 0 Å². The molecule has 0 spiro atoms. The van der Waals surface area contributed by atoms with Crippen molar-refractivity contribution >= 4 is 23.3 Å². The zero-order valence-electron chi connectivity index (χ0n) is 17.5. The van der Waals surface area contributed by atoms with Crippen molar-refractivity contribution in [2.24, 2.45) is 0 Å². The Hall–Kier alpha value is -3.22. The summed E-state index contributed by atoms with van der Waals surface area (Å²) >= 11 is 0. The van der Waals surface area contributed by atoms with Crippen LogP contribution in [-0.4, -0.2) is 45.8 Å². The molecule has 1 N–H and O–H groups in total. The highest BCUT2D eigenvalue weighted by atomic mass is 16.5. The van der Waals surface area contributed by atoms with Crippen molar-refractivity contribution in [2.45, 2.75) is 25.7 Å². The summed E-state index contributed by atoms with van der Waals surface area (Å²) in [5, 5.41) is 2.75. The Bertz CT molecular complexity index is 838. The van der Waals surface area contributed by atoms with E-state index in [2.05, 4.69) is 10.2 Å². The molecule has 1 aliphatic rings. The van der Waals surface area contributed by atoms with E-state index in [0.29, 0.717) is 23.6 Å². The molecule has 0 radical (unpaired) electrons. The molecule has 7 nitrogen and oxygen atoms in total. The second kappa shape index (κ2) is 10.5.